The fraction of sp³-hybridized carbons (Fsp3) is 0.250. The van der Waals surface area contributed by atoms with Crippen LogP contribution < -0.4 is 5.32 Å². The van der Waals surface area contributed by atoms with Gasteiger partial charge in [-0.25, -0.2) is 0 Å². The molecule has 1 rings (SSSR count). The van der Waals surface area contributed by atoms with E-state index in [0.717, 1.165) is 11.6 Å². The molecule has 0 saturated heterocycles. The average molecular weight is 269 g/mol. The first-order valence-corrected chi connectivity index (χ1v) is 6.96. The highest BCUT2D eigenvalue weighted by Crippen LogP contribution is 2.17. The average Bonchev–Trinajstić information content (AvgIpc) is 2.34. The number of amides is 1. The molecule has 0 heterocycles. The van der Waals surface area contributed by atoms with E-state index in [1.165, 1.54) is 0 Å². The highest BCUT2D eigenvalue weighted by Gasteiger charge is 2.16. The first kappa shape index (κ1) is 14.4. The molecule has 0 saturated carbocycles. The van der Waals surface area contributed by atoms with Crippen LogP contribution in [0, 0.1) is 0 Å². The number of carbonyl (C=O) groups is 1. The Bertz CT molecular complexity index is 510. The predicted octanol–water partition coefficient (Wildman–Crippen LogP) is 1.31. The smallest absolute Gasteiger partial charge is 0.264 e. The predicted molar refractivity (Wildman–Crippen MR) is 68.6 cm³/mol. The molecule has 2 N–H and O–H groups in total. The molecule has 1 unspecified atom stereocenters. The Morgan fingerprint density at radius 1 is 1.39 bits per heavy atom. The minimum Gasteiger partial charge on any atom is -0.346 e. The second-order valence-electron chi connectivity index (χ2n) is 3.75. The van der Waals surface area contributed by atoms with E-state index in [1.807, 2.05) is 6.07 Å². The molecule has 1 amide bonds. The van der Waals surface area contributed by atoms with Gasteiger partial charge in [-0.15, -0.1) is 0 Å². The molecule has 0 aliphatic carbocycles. The zero-order valence-corrected chi connectivity index (χ0v) is 10.6. The van der Waals surface area contributed by atoms with Gasteiger partial charge in [-0.05, 0) is 18.1 Å². The molecule has 5 nitrogen and oxygen atoms in total. The van der Waals surface area contributed by atoms with E-state index in [-0.39, 0.29) is 12.3 Å². The Kier molecular flexibility index (Phi) is 5.06. The zero-order valence-electron chi connectivity index (χ0n) is 9.74. The molecule has 1 atom stereocenters. The van der Waals surface area contributed by atoms with Gasteiger partial charge in [0.2, 0.25) is 5.91 Å². The van der Waals surface area contributed by atoms with E-state index in [4.69, 9.17) is 4.55 Å². The van der Waals surface area contributed by atoms with Gasteiger partial charge in [0.1, 0.15) is 0 Å². The number of nitrogens with one attached hydrogen (secondary N) is 1. The van der Waals surface area contributed by atoms with E-state index < -0.39 is 21.9 Å². The summed E-state index contributed by atoms with van der Waals surface area (Å²) in [6.07, 6.45) is 1.21. The molecule has 6 heteroatoms. The quantitative estimate of drug-likeness (QED) is 0.602. The molecule has 1 aromatic rings. The Balaban J connectivity index is 2.82. The lowest BCUT2D eigenvalue weighted by atomic mass is 10.0. The van der Waals surface area contributed by atoms with Crippen molar-refractivity contribution in [1.29, 1.82) is 0 Å². The fourth-order valence-corrected chi connectivity index (χ4v) is 2.04. The molecule has 0 bridgehead atoms. The molecule has 0 fully saturated rings. The van der Waals surface area contributed by atoms with Crippen molar-refractivity contribution in [2.45, 2.75) is 12.5 Å². The highest BCUT2D eigenvalue weighted by molar-refractivity contribution is 7.85. The van der Waals surface area contributed by atoms with Crippen molar-refractivity contribution < 1.29 is 17.8 Å². The van der Waals surface area contributed by atoms with Gasteiger partial charge in [-0.2, -0.15) is 8.42 Å². The number of benzene rings is 1. The molecule has 18 heavy (non-hydrogen) atoms. The number of carbonyl (C=O) groups excluding carboxylic acids is 1. The van der Waals surface area contributed by atoms with Gasteiger partial charge in [-0.3, -0.25) is 9.35 Å². The molecule has 0 aliphatic heterocycles. The summed E-state index contributed by atoms with van der Waals surface area (Å²) in [7, 11) is -4.05. The van der Waals surface area contributed by atoms with E-state index >= 15 is 0 Å². The van der Waals surface area contributed by atoms with E-state index in [2.05, 4.69) is 11.9 Å². The summed E-state index contributed by atoms with van der Waals surface area (Å²) in [5.74, 6) is -0.802. The maximum absolute atomic E-state index is 11.3. The Morgan fingerprint density at radius 2 is 2.00 bits per heavy atom. The van der Waals surface area contributed by atoms with Crippen LogP contribution in [-0.2, 0) is 14.9 Å². The largest absolute Gasteiger partial charge is 0.346 e. The van der Waals surface area contributed by atoms with Crippen LogP contribution in [0.3, 0.4) is 0 Å². The zero-order chi connectivity index (χ0) is 13.6. The first-order valence-electron chi connectivity index (χ1n) is 5.35. The number of rotatable bonds is 6. The van der Waals surface area contributed by atoms with Gasteiger partial charge in [0, 0.05) is 0 Å². The SMILES string of the molecule is C=CC(=O)NC(CCS(=O)(=O)O)c1ccccc1. The van der Waals surface area contributed by atoms with E-state index in [0.29, 0.717) is 0 Å². The standard InChI is InChI=1S/C12H15NO4S/c1-2-12(14)13-11(8-9-18(15,16)17)10-6-4-3-5-7-10/h2-7,11H,1,8-9H2,(H,13,14)(H,15,16,17). The summed E-state index contributed by atoms with van der Waals surface area (Å²) in [6, 6.07) is 8.47. The third kappa shape index (κ3) is 5.11. The van der Waals surface area contributed by atoms with Crippen LogP contribution in [-0.4, -0.2) is 24.6 Å². The second-order valence-corrected chi connectivity index (χ2v) is 5.32. The van der Waals surface area contributed by atoms with Crippen molar-refractivity contribution in [3.8, 4) is 0 Å². The Hall–Kier alpha value is -1.66. The van der Waals surface area contributed by atoms with Crippen molar-refractivity contribution in [3.63, 3.8) is 0 Å². The van der Waals surface area contributed by atoms with Gasteiger partial charge < -0.3 is 5.32 Å². The lowest BCUT2D eigenvalue weighted by Crippen LogP contribution is -2.28. The third-order valence-electron chi connectivity index (χ3n) is 2.37. The minimum atomic E-state index is -4.05. The normalized spacial score (nSPS) is 12.7. The summed E-state index contributed by atoms with van der Waals surface area (Å²) in [6.45, 7) is 3.34. The molecule has 0 radical (unpaired) electrons. The summed E-state index contributed by atoms with van der Waals surface area (Å²) in [4.78, 5) is 11.3. The topological polar surface area (TPSA) is 83.5 Å². The van der Waals surface area contributed by atoms with Crippen LogP contribution in [0.4, 0.5) is 0 Å². The molecule has 0 spiro atoms. The molecule has 0 aliphatic rings. The summed E-state index contributed by atoms with van der Waals surface area (Å²) < 4.78 is 30.2. The van der Waals surface area contributed by atoms with Gasteiger partial charge >= 0.3 is 0 Å². The number of hydrogen-bond donors (Lipinski definition) is 2. The highest BCUT2D eigenvalue weighted by atomic mass is 32.2. The van der Waals surface area contributed by atoms with E-state index in [9.17, 15) is 13.2 Å². The van der Waals surface area contributed by atoms with Crippen LogP contribution in [0.2, 0.25) is 0 Å². The van der Waals surface area contributed by atoms with Gasteiger partial charge in [-0.1, -0.05) is 36.9 Å². The number of hydrogen-bond acceptors (Lipinski definition) is 3. The molecule has 98 valence electrons. The molecular weight excluding hydrogens is 254 g/mol. The maximum atomic E-state index is 11.3. The van der Waals surface area contributed by atoms with Crippen LogP contribution in [0.25, 0.3) is 0 Å². The Morgan fingerprint density at radius 3 is 2.50 bits per heavy atom. The molecule has 1 aromatic carbocycles. The van der Waals surface area contributed by atoms with Crippen molar-refractivity contribution in [1.82, 2.24) is 5.32 Å². The maximum Gasteiger partial charge on any atom is 0.264 e. The van der Waals surface area contributed by atoms with Gasteiger partial charge in [0.15, 0.2) is 0 Å². The van der Waals surface area contributed by atoms with Crippen molar-refractivity contribution in [3.05, 3.63) is 48.6 Å². The first-order chi connectivity index (χ1) is 8.42. The van der Waals surface area contributed by atoms with Crippen LogP contribution in [0.5, 0.6) is 0 Å². The van der Waals surface area contributed by atoms with Crippen molar-refractivity contribution >= 4 is 16.0 Å². The monoisotopic (exact) mass is 269 g/mol. The van der Waals surface area contributed by atoms with Crippen molar-refractivity contribution in [2.75, 3.05) is 5.75 Å². The summed E-state index contributed by atoms with van der Waals surface area (Å²) in [5.41, 5.74) is 0.774. The van der Waals surface area contributed by atoms with Gasteiger partial charge in [0.25, 0.3) is 10.1 Å². The molecular formula is C12H15NO4S. The summed E-state index contributed by atoms with van der Waals surface area (Å²) >= 11 is 0. The fourth-order valence-electron chi connectivity index (χ4n) is 1.50. The van der Waals surface area contributed by atoms with Gasteiger partial charge in [0.05, 0.1) is 11.8 Å². The van der Waals surface area contributed by atoms with Crippen molar-refractivity contribution in [2.24, 2.45) is 0 Å². The minimum absolute atomic E-state index is 0.0996. The van der Waals surface area contributed by atoms with E-state index in [1.54, 1.807) is 24.3 Å². The second kappa shape index (κ2) is 6.32. The lowest BCUT2D eigenvalue weighted by Gasteiger charge is -2.17. The van der Waals surface area contributed by atoms with Crippen LogP contribution in [0.1, 0.15) is 18.0 Å². The lowest BCUT2D eigenvalue weighted by molar-refractivity contribution is -0.117. The molecule has 0 aromatic heterocycles. The third-order valence-corrected chi connectivity index (χ3v) is 3.12. The summed E-state index contributed by atoms with van der Waals surface area (Å²) in [5, 5.41) is 2.62. The Labute approximate surface area is 106 Å². The van der Waals surface area contributed by atoms with Crippen LogP contribution >= 0.6 is 0 Å². The van der Waals surface area contributed by atoms with Crippen LogP contribution in [0.15, 0.2) is 43.0 Å².